The summed E-state index contributed by atoms with van der Waals surface area (Å²) in [7, 11) is -3.48. The molecule has 0 bridgehead atoms. The second kappa shape index (κ2) is 10.0. The number of sulfonamides is 1. The average molecular weight is 479 g/mol. The molecule has 1 amide bonds. The molecular formula is C28H34N2O3S. The van der Waals surface area contributed by atoms with Crippen LogP contribution in [0, 0.1) is 34.6 Å². The van der Waals surface area contributed by atoms with Gasteiger partial charge in [-0.1, -0.05) is 30.3 Å². The van der Waals surface area contributed by atoms with E-state index < -0.39 is 10.0 Å². The van der Waals surface area contributed by atoms with E-state index in [4.69, 9.17) is 0 Å². The lowest BCUT2D eigenvalue weighted by atomic mass is 9.96. The molecule has 0 heterocycles. The zero-order chi connectivity index (χ0) is 25.2. The molecule has 5 nitrogen and oxygen atoms in total. The molecule has 0 aliphatic rings. The molecule has 0 saturated heterocycles. The zero-order valence-corrected chi connectivity index (χ0v) is 21.9. The number of aryl methyl sites for hydroxylation is 5. The van der Waals surface area contributed by atoms with Gasteiger partial charge in [0.15, 0.2) is 0 Å². The molecule has 3 aromatic carbocycles. The Kier molecular flexibility index (Phi) is 7.51. The molecule has 6 heteroatoms. The summed E-state index contributed by atoms with van der Waals surface area (Å²) in [5.41, 5.74) is 8.68. The maximum absolute atomic E-state index is 12.9. The number of rotatable bonds is 7. The monoisotopic (exact) mass is 478 g/mol. The number of hydrogen-bond acceptors (Lipinski definition) is 3. The van der Waals surface area contributed by atoms with Gasteiger partial charge in [-0.05, 0) is 105 Å². The third kappa shape index (κ3) is 6.06. The highest BCUT2D eigenvalue weighted by atomic mass is 32.2. The Hall–Kier alpha value is -3.12. The number of nitrogens with zero attached hydrogens (tertiary/aromatic N) is 1. The number of benzene rings is 3. The van der Waals surface area contributed by atoms with Crippen LogP contribution in [0.2, 0.25) is 0 Å². The summed E-state index contributed by atoms with van der Waals surface area (Å²) in [6.45, 7) is 12.3. The number of anilines is 1. The van der Waals surface area contributed by atoms with Crippen LogP contribution in [-0.4, -0.2) is 20.6 Å². The van der Waals surface area contributed by atoms with Crippen molar-refractivity contribution in [3.8, 4) is 0 Å². The van der Waals surface area contributed by atoms with Crippen LogP contribution >= 0.6 is 0 Å². The van der Waals surface area contributed by atoms with Gasteiger partial charge in [0.1, 0.15) is 0 Å². The molecule has 1 N–H and O–H groups in total. The SMILES string of the molecule is Cc1cc(C)cc(N(Cc2ccc(C(=O)N[C@@H](C)c3cc(C)c(C)cc3C)cc2)S(C)(=O)=O)c1. The van der Waals surface area contributed by atoms with Crippen molar-refractivity contribution in [3.05, 3.63) is 99.1 Å². The van der Waals surface area contributed by atoms with Gasteiger partial charge in [0.05, 0.1) is 24.5 Å². The second-order valence-electron chi connectivity index (χ2n) is 9.30. The van der Waals surface area contributed by atoms with Crippen molar-refractivity contribution in [2.24, 2.45) is 0 Å². The lowest BCUT2D eigenvalue weighted by Crippen LogP contribution is -2.29. The fourth-order valence-corrected chi connectivity index (χ4v) is 5.10. The van der Waals surface area contributed by atoms with Crippen molar-refractivity contribution in [3.63, 3.8) is 0 Å². The predicted molar refractivity (Wildman–Crippen MR) is 140 cm³/mol. The van der Waals surface area contributed by atoms with Crippen LogP contribution in [0.25, 0.3) is 0 Å². The average Bonchev–Trinajstić information content (AvgIpc) is 2.73. The molecule has 3 aromatic rings. The van der Waals surface area contributed by atoms with Gasteiger partial charge in [0, 0.05) is 5.56 Å². The number of carbonyl (C=O) groups excluding carboxylic acids is 1. The minimum Gasteiger partial charge on any atom is -0.346 e. The molecule has 0 unspecified atom stereocenters. The first kappa shape index (κ1) is 25.5. The molecule has 1 atom stereocenters. The summed E-state index contributed by atoms with van der Waals surface area (Å²) in [6, 6.07) is 17.0. The van der Waals surface area contributed by atoms with Gasteiger partial charge in [-0.3, -0.25) is 9.10 Å². The summed E-state index contributed by atoms with van der Waals surface area (Å²) >= 11 is 0. The third-order valence-corrected chi connectivity index (χ3v) is 7.27. The predicted octanol–water partition coefficient (Wildman–Crippen LogP) is 5.69. The Morgan fingerprint density at radius 3 is 1.97 bits per heavy atom. The fourth-order valence-electron chi connectivity index (χ4n) is 4.23. The van der Waals surface area contributed by atoms with E-state index in [1.54, 1.807) is 12.1 Å². The molecule has 34 heavy (non-hydrogen) atoms. The Bertz CT molecular complexity index is 1290. The van der Waals surface area contributed by atoms with Crippen molar-refractivity contribution in [2.75, 3.05) is 10.6 Å². The van der Waals surface area contributed by atoms with Gasteiger partial charge in [0.25, 0.3) is 5.91 Å². The topological polar surface area (TPSA) is 66.5 Å². The van der Waals surface area contributed by atoms with Crippen molar-refractivity contribution in [1.29, 1.82) is 0 Å². The Balaban J connectivity index is 1.77. The minimum absolute atomic E-state index is 0.128. The molecule has 180 valence electrons. The zero-order valence-electron chi connectivity index (χ0n) is 21.1. The maximum Gasteiger partial charge on any atom is 0.251 e. The lowest BCUT2D eigenvalue weighted by molar-refractivity contribution is 0.0939. The summed E-state index contributed by atoms with van der Waals surface area (Å²) < 4.78 is 26.4. The van der Waals surface area contributed by atoms with Gasteiger partial charge < -0.3 is 5.32 Å². The Morgan fingerprint density at radius 2 is 1.41 bits per heavy atom. The fraction of sp³-hybridized carbons (Fsp3) is 0.321. The van der Waals surface area contributed by atoms with Crippen molar-refractivity contribution >= 4 is 21.6 Å². The highest BCUT2D eigenvalue weighted by Crippen LogP contribution is 2.25. The number of hydrogen-bond donors (Lipinski definition) is 1. The van der Waals surface area contributed by atoms with E-state index in [9.17, 15) is 13.2 Å². The Labute approximate surface area is 203 Å². The van der Waals surface area contributed by atoms with Crippen LogP contribution in [0.3, 0.4) is 0 Å². The lowest BCUT2D eigenvalue weighted by Gasteiger charge is -2.23. The largest absolute Gasteiger partial charge is 0.346 e. The quantitative estimate of drug-likeness (QED) is 0.475. The van der Waals surface area contributed by atoms with Crippen LogP contribution < -0.4 is 9.62 Å². The van der Waals surface area contributed by atoms with Gasteiger partial charge >= 0.3 is 0 Å². The molecule has 0 aliphatic heterocycles. The van der Waals surface area contributed by atoms with Crippen molar-refractivity contribution < 1.29 is 13.2 Å². The van der Waals surface area contributed by atoms with Crippen molar-refractivity contribution in [1.82, 2.24) is 5.32 Å². The van der Waals surface area contributed by atoms with E-state index in [-0.39, 0.29) is 18.5 Å². The smallest absolute Gasteiger partial charge is 0.251 e. The molecule has 0 radical (unpaired) electrons. The van der Waals surface area contributed by atoms with Gasteiger partial charge in [-0.15, -0.1) is 0 Å². The molecule has 0 spiro atoms. The van der Waals surface area contributed by atoms with E-state index in [0.29, 0.717) is 11.3 Å². The minimum atomic E-state index is -3.48. The van der Waals surface area contributed by atoms with E-state index in [1.807, 2.05) is 51.1 Å². The summed E-state index contributed by atoms with van der Waals surface area (Å²) in [4.78, 5) is 12.9. The summed E-state index contributed by atoms with van der Waals surface area (Å²) in [5.74, 6) is -0.161. The molecule has 0 fully saturated rings. The van der Waals surface area contributed by atoms with E-state index >= 15 is 0 Å². The van der Waals surface area contributed by atoms with Crippen molar-refractivity contribution in [2.45, 2.75) is 54.1 Å². The maximum atomic E-state index is 12.9. The second-order valence-corrected chi connectivity index (χ2v) is 11.2. The first-order chi connectivity index (χ1) is 15.8. The number of carbonyl (C=O) groups is 1. The molecular weight excluding hydrogens is 444 g/mol. The van der Waals surface area contributed by atoms with Gasteiger partial charge in [-0.2, -0.15) is 0 Å². The van der Waals surface area contributed by atoms with Crippen LogP contribution in [0.4, 0.5) is 5.69 Å². The highest BCUT2D eigenvalue weighted by molar-refractivity contribution is 7.92. The van der Waals surface area contributed by atoms with E-state index in [1.165, 1.54) is 21.7 Å². The third-order valence-electron chi connectivity index (χ3n) is 6.13. The Morgan fingerprint density at radius 1 is 0.853 bits per heavy atom. The van der Waals surface area contributed by atoms with Crippen LogP contribution in [0.1, 0.15) is 62.3 Å². The molecule has 0 aliphatic carbocycles. The van der Waals surface area contributed by atoms with Crippen LogP contribution in [-0.2, 0) is 16.6 Å². The van der Waals surface area contributed by atoms with Gasteiger partial charge in [-0.25, -0.2) is 8.42 Å². The number of amides is 1. The molecule has 0 aromatic heterocycles. The molecule has 3 rings (SSSR count). The summed E-state index contributed by atoms with van der Waals surface area (Å²) in [5, 5.41) is 3.08. The van der Waals surface area contributed by atoms with E-state index in [2.05, 4.69) is 38.2 Å². The first-order valence-electron chi connectivity index (χ1n) is 11.4. The number of nitrogens with one attached hydrogen (secondary N) is 1. The normalized spacial score (nSPS) is 12.3. The first-order valence-corrected chi connectivity index (χ1v) is 13.2. The molecule has 0 saturated carbocycles. The van der Waals surface area contributed by atoms with Gasteiger partial charge in [0.2, 0.25) is 10.0 Å². The van der Waals surface area contributed by atoms with E-state index in [0.717, 1.165) is 27.8 Å². The van der Waals surface area contributed by atoms with Crippen LogP contribution in [0.5, 0.6) is 0 Å². The highest BCUT2D eigenvalue weighted by Gasteiger charge is 2.19. The summed E-state index contributed by atoms with van der Waals surface area (Å²) in [6.07, 6.45) is 1.21. The standard InChI is InChI=1S/C28H34N2O3S/c1-18-12-19(2)14-26(13-18)30(34(7,32)33)17-24-8-10-25(11-9-24)28(31)29-23(6)27-16-21(4)20(3)15-22(27)5/h8-16,23H,17H2,1-7H3,(H,29,31)/t23-/m0/s1. The van der Waals surface area contributed by atoms with Crippen LogP contribution in [0.15, 0.2) is 54.6 Å².